The van der Waals surface area contributed by atoms with Gasteiger partial charge in [-0.05, 0) is 0 Å². The molecule has 5 rings (SSSR count). The van der Waals surface area contributed by atoms with Gasteiger partial charge in [-0.25, -0.2) is 0 Å². The predicted octanol–water partition coefficient (Wildman–Crippen LogP) is 1.56. The fourth-order valence-corrected chi connectivity index (χ4v) is 10.3. The van der Waals surface area contributed by atoms with Gasteiger partial charge in [0.25, 0.3) is 0 Å². The third kappa shape index (κ3) is 4.13. The molecule has 0 nitrogen and oxygen atoms in total. The third-order valence-electron chi connectivity index (χ3n) is 7.16. The van der Waals surface area contributed by atoms with Crippen LogP contribution in [-0.4, -0.2) is 0 Å². The molecule has 0 aromatic heterocycles. The molecular formula is C26H28Cl2Zr. The Morgan fingerprint density at radius 3 is 2.41 bits per heavy atom. The first-order chi connectivity index (χ1) is 13.2. The summed E-state index contributed by atoms with van der Waals surface area (Å²) < 4.78 is 1.44. The van der Waals surface area contributed by atoms with E-state index in [0.717, 1.165) is 3.63 Å². The van der Waals surface area contributed by atoms with E-state index in [1.165, 1.54) is 37.7 Å². The summed E-state index contributed by atoms with van der Waals surface area (Å²) in [4.78, 5) is 0. The van der Waals surface area contributed by atoms with E-state index in [4.69, 9.17) is 0 Å². The summed E-state index contributed by atoms with van der Waals surface area (Å²) in [5, 5.41) is 0. The smallest absolute Gasteiger partial charge is 1.00 e. The topological polar surface area (TPSA) is 0 Å². The first-order valence-electron chi connectivity index (χ1n) is 10.5. The Balaban J connectivity index is 0.00000120. The second kappa shape index (κ2) is 9.25. The number of benzene rings is 2. The van der Waals surface area contributed by atoms with Crippen LogP contribution in [0.3, 0.4) is 0 Å². The van der Waals surface area contributed by atoms with Crippen molar-refractivity contribution < 1.29 is 48.0 Å². The molecule has 0 amide bonds. The molecule has 0 N–H and O–H groups in total. The molecule has 3 aliphatic rings. The molecule has 3 unspecified atom stereocenters. The number of hydrogen-bond acceptors (Lipinski definition) is 0. The van der Waals surface area contributed by atoms with Crippen molar-refractivity contribution in [3.8, 4) is 0 Å². The molecule has 0 fully saturated rings. The molecule has 3 heteroatoms. The minimum Gasteiger partial charge on any atom is -1.00 e. The number of halogens is 2. The van der Waals surface area contributed by atoms with Crippen LogP contribution in [0.2, 0.25) is 3.12 Å². The van der Waals surface area contributed by atoms with E-state index in [1.807, 2.05) is 5.57 Å². The first-order valence-corrected chi connectivity index (χ1v) is 13.2. The van der Waals surface area contributed by atoms with Crippen molar-refractivity contribution in [2.75, 3.05) is 0 Å². The Bertz CT molecular complexity index is 945. The number of fused-ring (bicyclic) bond motifs is 3. The van der Waals surface area contributed by atoms with E-state index >= 15 is 0 Å². The normalized spacial score (nSPS) is 22.3. The second-order valence-electron chi connectivity index (χ2n) is 8.72. The standard InChI is InChI=1S/C15H19.C11H9.2ClH.Zr/c1-3-12(2)8-9-14-11-10-13-6-4-5-7-15(13)14;1-2-4-10-8(3-1)7-9-5-6-11(9)10;;;/h4-7,10-11,14H,3,8-9H2,1-2H3;1-4,7H,5-6H2;2*1H;/q;;;;+2/p-2. The van der Waals surface area contributed by atoms with E-state index in [2.05, 4.69) is 74.5 Å². The second-order valence-corrected chi connectivity index (χ2v) is 13.8. The summed E-state index contributed by atoms with van der Waals surface area (Å²) in [5.74, 6) is 0.640. The molecule has 3 atom stereocenters. The maximum absolute atomic E-state index is 2.61. The molecule has 0 radical (unpaired) electrons. The van der Waals surface area contributed by atoms with Crippen LogP contribution >= 0.6 is 0 Å². The Morgan fingerprint density at radius 2 is 1.69 bits per heavy atom. The molecule has 29 heavy (non-hydrogen) atoms. The Hall–Kier alpha value is -0.617. The van der Waals surface area contributed by atoms with Gasteiger partial charge < -0.3 is 24.8 Å². The van der Waals surface area contributed by atoms with Crippen molar-refractivity contribution in [3.63, 3.8) is 0 Å². The van der Waals surface area contributed by atoms with Gasteiger partial charge in [-0.3, -0.25) is 0 Å². The summed E-state index contributed by atoms with van der Waals surface area (Å²) in [6, 6.07) is 18.3. The quantitative estimate of drug-likeness (QED) is 0.563. The number of allylic oxidation sites excluding steroid dienone is 3. The Kier molecular flexibility index (Phi) is 7.36. The Morgan fingerprint density at radius 1 is 0.966 bits per heavy atom. The molecule has 0 saturated carbocycles. The van der Waals surface area contributed by atoms with Crippen LogP contribution in [0.5, 0.6) is 0 Å². The fourth-order valence-electron chi connectivity index (χ4n) is 5.15. The van der Waals surface area contributed by atoms with E-state index in [9.17, 15) is 0 Å². The molecule has 150 valence electrons. The van der Waals surface area contributed by atoms with E-state index in [-0.39, 0.29) is 24.8 Å². The van der Waals surface area contributed by atoms with Crippen LogP contribution in [0.15, 0.2) is 60.2 Å². The number of hydrogen-bond donors (Lipinski definition) is 0. The predicted molar refractivity (Wildman–Crippen MR) is 111 cm³/mol. The van der Waals surface area contributed by atoms with Crippen molar-refractivity contribution in [1.29, 1.82) is 0 Å². The molecule has 3 aliphatic carbocycles. The Labute approximate surface area is 199 Å². The van der Waals surface area contributed by atoms with Gasteiger partial charge in [-0.1, -0.05) is 0 Å². The molecule has 0 spiro atoms. The first kappa shape index (κ1) is 23.1. The SMILES string of the molecule is CC[C](C)(CCC1C=Cc2ccccc21)[Zr+2][CH]1C2=C(CC2)c2ccccc21.[Cl-].[Cl-]. The molecule has 2 aromatic rings. The minimum atomic E-state index is -0.573. The minimum absolute atomic E-state index is 0. The zero-order valence-electron chi connectivity index (χ0n) is 17.2. The summed E-state index contributed by atoms with van der Waals surface area (Å²) in [6.45, 7) is 5.06. The van der Waals surface area contributed by atoms with Gasteiger partial charge in [-0.15, -0.1) is 0 Å². The van der Waals surface area contributed by atoms with Gasteiger partial charge in [0.05, 0.1) is 0 Å². The van der Waals surface area contributed by atoms with Gasteiger partial charge in [-0.2, -0.15) is 0 Å². The van der Waals surface area contributed by atoms with E-state index < -0.39 is 23.2 Å². The van der Waals surface area contributed by atoms with Crippen LogP contribution < -0.4 is 24.8 Å². The number of rotatable bonds is 6. The third-order valence-corrected chi connectivity index (χ3v) is 12.7. The van der Waals surface area contributed by atoms with Gasteiger partial charge in [0.2, 0.25) is 0 Å². The summed E-state index contributed by atoms with van der Waals surface area (Å²) in [5.41, 5.74) is 9.86. The van der Waals surface area contributed by atoms with Crippen molar-refractivity contribution in [3.05, 3.63) is 82.4 Å². The van der Waals surface area contributed by atoms with Crippen LogP contribution in [-0.2, 0) is 23.2 Å². The van der Waals surface area contributed by atoms with Gasteiger partial charge >= 0.3 is 176 Å². The van der Waals surface area contributed by atoms with Crippen molar-refractivity contribution in [1.82, 2.24) is 0 Å². The van der Waals surface area contributed by atoms with Crippen LogP contribution in [0.1, 0.15) is 77.7 Å². The molecular weight excluding hydrogens is 474 g/mol. The maximum atomic E-state index is 2.61. The summed E-state index contributed by atoms with van der Waals surface area (Å²) in [7, 11) is 0. The van der Waals surface area contributed by atoms with E-state index in [0.29, 0.717) is 9.04 Å². The van der Waals surface area contributed by atoms with Gasteiger partial charge in [0, 0.05) is 0 Å². The van der Waals surface area contributed by atoms with Gasteiger partial charge in [0.15, 0.2) is 0 Å². The largest absolute Gasteiger partial charge is 1.00 e. The van der Waals surface area contributed by atoms with Crippen LogP contribution in [0.4, 0.5) is 0 Å². The molecule has 0 heterocycles. The molecule has 0 saturated heterocycles. The monoisotopic (exact) mass is 500 g/mol. The fraction of sp³-hybridized carbons (Fsp3) is 0.385. The van der Waals surface area contributed by atoms with Crippen molar-refractivity contribution in [2.24, 2.45) is 0 Å². The zero-order valence-corrected chi connectivity index (χ0v) is 21.2. The van der Waals surface area contributed by atoms with Gasteiger partial charge in [0.1, 0.15) is 0 Å². The van der Waals surface area contributed by atoms with E-state index in [1.54, 1.807) is 22.3 Å². The molecule has 2 aromatic carbocycles. The molecule has 0 aliphatic heterocycles. The zero-order chi connectivity index (χ0) is 18.4. The van der Waals surface area contributed by atoms with Crippen LogP contribution in [0.25, 0.3) is 11.6 Å². The maximum Gasteiger partial charge on any atom is -1.00 e. The average molecular weight is 503 g/mol. The molecule has 0 bridgehead atoms. The summed E-state index contributed by atoms with van der Waals surface area (Å²) in [6.07, 6.45) is 11.5. The van der Waals surface area contributed by atoms with Crippen molar-refractivity contribution in [2.45, 2.75) is 58.6 Å². The van der Waals surface area contributed by atoms with Crippen molar-refractivity contribution >= 4 is 11.6 Å². The average Bonchev–Trinajstić information content (AvgIpc) is 3.17. The van der Waals surface area contributed by atoms with Crippen LogP contribution in [0, 0.1) is 0 Å². The summed E-state index contributed by atoms with van der Waals surface area (Å²) >= 11 is -0.573.